The second-order valence-corrected chi connectivity index (χ2v) is 7.54. The molecule has 0 atom stereocenters. The number of carbonyl (C=O) groups is 1. The molecule has 1 aliphatic heterocycles. The zero-order valence-corrected chi connectivity index (χ0v) is 15.3. The highest BCUT2D eigenvalue weighted by Gasteiger charge is 2.21. The van der Waals surface area contributed by atoms with Crippen LogP contribution < -0.4 is 10.2 Å². The largest absolute Gasteiger partial charge is 0.378 e. The van der Waals surface area contributed by atoms with Crippen LogP contribution in [0.25, 0.3) is 10.9 Å². The normalized spacial score (nSPS) is 15.2. The third-order valence-electron chi connectivity index (χ3n) is 4.14. The topological polar surface area (TPSA) is 67.4 Å². The average molecular weight is 348 g/mol. The van der Waals surface area contributed by atoms with E-state index in [4.69, 9.17) is 4.74 Å². The van der Waals surface area contributed by atoms with E-state index in [-0.39, 0.29) is 11.7 Å². The Labute approximate surface area is 146 Å². The highest BCUT2D eigenvalue weighted by molar-refractivity contribution is 7.11. The second kappa shape index (κ2) is 7.44. The van der Waals surface area contributed by atoms with Crippen molar-refractivity contribution in [3.63, 3.8) is 0 Å². The summed E-state index contributed by atoms with van der Waals surface area (Å²) < 4.78 is 5.44. The number of rotatable bonds is 5. The van der Waals surface area contributed by atoms with Crippen LogP contribution in [0, 0.1) is 12.8 Å². The van der Waals surface area contributed by atoms with Crippen molar-refractivity contribution in [2.24, 2.45) is 5.92 Å². The molecule has 6 nitrogen and oxygen atoms in total. The number of carbonyl (C=O) groups excluding carboxylic acids is 1. The van der Waals surface area contributed by atoms with Crippen LogP contribution >= 0.6 is 11.3 Å². The van der Waals surface area contributed by atoms with Crippen molar-refractivity contribution in [3.05, 3.63) is 16.1 Å². The molecule has 7 heteroatoms. The van der Waals surface area contributed by atoms with E-state index in [1.54, 1.807) is 11.3 Å². The van der Waals surface area contributed by atoms with Gasteiger partial charge in [0.2, 0.25) is 5.82 Å². The van der Waals surface area contributed by atoms with E-state index in [2.05, 4.69) is 41.0 Å². The number of thiophene rings is 1. The Morgan fingerprint density at radius 1 is 1.38 bits per heavy atom. The molecular formula is C17H24N4O2S. The molecule has 1 saturated heterocycles. The summed E-state index contributed by atoms with van der Waals surface area (Å²) >= 11 is 1.65. The van der Waals surface area contributed by atoms with Gasteiger partial charge >= 0.3 is 0 Å². The Bertz CT molecular complexity index is 723. The number of nitrogens with one attached hydrogen (secondary N) is 1. The molecule has 3 rings (SSSR count). The van der Waals surface area contributed by atoms with E-state index >= 15 is 0 Å². The smallest absolute Gasteiger partial charge is 0.289 e. The fraction of sp³-hybridized carbons (Fsp3) is 0.588. The number of anilines is 1. The summed E-state index contributed by atoms with van der Waals surface area (Å²) in [6.07, 6.45) is 0.946. The minimum Gasteiger partial charge on any atom is -0.378 e. The number of ether oxygens (including phenoxy) is 1. The SMILES string of the molecule is Cc1scc2nc(C(=O)NCCC(C)C)nc(N3CCOCC3)c12. The Morgan fingerprint density at radius 3 is 2.83 bits per heavy atom. The highest BCUT2D eigenvalue weighted by atomic mass is 32.1. The lowest BCUT2D eigenvalue weighted by molar-refractivity contribution is 0.0942. The first kappa shape index (κ1) is 17.1. The first-order valence-electron chi connectivity index (χ1n) is 8.43. The summed E-state index contributed by atoms with van der Waals surface area (Å²) in [5.41, 5.74) is 0.850. The van der Waals surface area contributed by atoms with Gasteiger partial charge in [0.1, 0.15) is 5.82 Å². The zero-order valence-electron chi connectivity index (χ0n) is 14.5. The number of nitrogens with zero attached hydrogens (tertiary/aromatic N) is 3. The number of aryl methyl sites for hydroxylation is 1. The van der Waals surface area contributed by atoms with Crippen molar-refractivity contribution in [2.45, 2.75) is 27.2 Å². The molecule has 3 heterocycles. The number of aromatic nitrogens is 2. The van der Waals surface area contributed by atoms with Gasteiger partial charge < -0.3 is 15.0 Å². The predicted octanol–water partition coefficient (Wildman–Crippen LogP) is 2.61. The molecule has 0 bridgehead atoms. The van der Waals surface area contributed by atoms with E-state index in [9.17, 15) is 4.79 Å². The van der Waals surface area contributed by atoms with Gasteiger partial charge in [-0.2, -0.15) is 0 Å². The number of hydrogen-bond acceptors (Lipinski definition) is 6. The number of morpholine rings is 1. The van der Waals surface area contributed by atoms with Crippen LogP contribution in [0.2, 0.25) is 0 Å². The van der Waals surface area contributed by atoms with Crippen LogP contribution in [0.5, 0.6) is 0 Å². The molecule has 0 saturated carbocycles. The maximum absolute atomic E-state index is 12.4. The molecular weight excluding hydrogens is 324 g/mol. The quantitative estimate of drug-likeness (QED) is 0.900. The van der Waals surface area contributed by atoms with Gasteiger partial charge in [-0.3, -0.25) is 4.79 Å². The van der Waals surface area contributed by atoms with Crippen molar-refractivity contribution >= 4 is 34.0 Å². The van der Waals surface area contributed by atoms with Gasteiger partial charge in [-0.15, -0.1) is 11.3 Å². The Hall–Kier alpha value is -1.73. The number of fused-ring (bicyclic) bond motifs is 1. The fourth-order valence-corrected chi connectivity index (χ4v) is 3.52. The minimum absolute atomic E-state index is 0.198. The minimum atomic E-state index is -0.198. The third-order valence-corrected chi connectivity index (χ3v) is 5.04. The molecule has 2 aromatic heterocycles. The molecule has 130 valence electrons. The van der Waals surface area contributed by atoms with E-state index in [1.807, 2.05) is 5.38 Å². The van der Waals surface area contributed by atoms with Crippen molar-refractivity contribution in [2.75, 3.05) is 37.7 Å². The lowest BCUT2D eigenvalue weighted by atomic mass is 10.1. The van der Waals surface area contributed by atoms with Crippen molar-refractivity contribution in [1.29, 1.82) is 0 Å². The van der Waals surface area contributed by atoms with Crippen molar-refractivity contribution in [1.82, 2.24) is 15.3 Å². The molecule has 0 unspecified atom stereocenters. The van der Waals surface area contributed by atoms with Gasteiger partial charge in [0.05, 0.1) is 24.1 Å². The molecule has 0 spiro atoms. The monoisotopic (exact) mass is 348 g/mol. The Morgan fingerprint density at radius 2 is 2.12 bits per heavy atom. The maximum atomic E-state index is 12.4. The molecule has 1 amide bonds. The van der Waals surface area contributed by atoms with Gasteiger partial charge in [-0.1, -0.05) is 13.8 Å². The summed E-state index contributed by atoms with van der Waals surface area (Å²) in [6, 6.07) is 0. The summed E-state index contributed by atoms with van der Waals surface area (Å²) in [7, 11) is 0. The maximum Gasteiger partial charge on any atom is 0.289 e. The van der Waals surface area contributed by atoms with Gasteiger partial charge in [0, 0.05) is 29.9 Å². The van der Waals surface area contributed by atoms with Crippen LogP contribution in [-0.2, 0) is 4.74 Å². The standard InChI is InChI=1S/C17H24N4O2S/c1-11(2)4-5-18-17(22)15-19-13-10-24-12(3)14(13)16(20-15)21-6-8-23-9-7-21/h10-11H,4-9H2,1-3H3,(H,18,22). The van der Waals surface area contributed by atoms with Crippen LogP contribution in [-0.4, -0.2) is 48.7 Å². The molecule has 2 aromatic rings. The van der Waals surface area contributed by atoms with Gasteiger partial charge in [0.15, 0.2) is 0 Å². The first-order valence-corrected chi connectivity index (χ1v) is 9.31. The van der Waals surface area contributed by atoms with E-state index in [0.717, 1.165) is 36.2 Å². The van der Waals surface area contributed by atoms with E-state index in [1.165, 1.54) is 4.88 Å². The predicted molar refractivity (Wildman–Crippen MR) is 97.0 cm³/mol. The van der Waals surface area contributed by atoms with Crippen molar-refractivity contribution < 1.29 is 9.53 Å². The van der Waals surface area contributed by atoms with Crippen LogP contribution in [0.4, 0.5) is 5.82 Å². The summed E-state index contributed by atoms with van der Waals surface area (Å²) in [5.74, 6) is 1.47. The van der Waals surface area contributed by atoms with Gasteiger partial charge in [-0.05, 0) is 19.3 Å². The zero-order chi connectivity index (χ0) is 17.1. The lowest BCUT2D eigenvalue weighted by Crippen LogP contribution is -2.37. The van der Waals surface area contributed by atoms with Gasteiger partial charge in [-0.25, -0.2) is 9.97 Å². The molecule has 1 N–H and O–H groups in total. The van der Waals surface area contributed by atoms with Crippen molar-refractivity contribution in [3.8, 4) is 0 Å². The summed E-state index contributed by atoms with van der Waals surface area (Å²) in [5, 5.41) is 5.99. The molecule has 1 fully saturated rings. The van der Waals surface area contributed by atoms with Crippen LogP contribution in [0.15, 0.2) is 5.38 Å². The van der Waals surface area contributed by atoms with E-state index in [0.29, 0.717) is 25.7 Å². The summed E-state index contributed by atoms with van der Waals surface area (Å²) in [6.45, 7) is 9.94. The Balaban J connectivity index is 1.90. The van der Waals surface area contributed by atoms with Crippen LogP contribution in [0.1, 0.15) is 35.8 Å². The summed E-state index contributed by atoms with van der Waals surface area (Å²) in [4.78, 5) is 24.9. The van der Waals surface area contributed by atoms with Gasteiger partial charge in [0.25, 0.3) is 5.91 Å². The van der Waals surface area contributed by atoms with Crippen LogP contribution in [0.3, 0.4) is 0 Å². The molecule has 0 radical (unpaired) electrons. The third kappa shape index (κ3) is 3.67. The number of hydrogen-bond donors (Lipinski definition) is 1. The molecule has 24 heavy (non-hydrogen) atoms. The Kier molecular flexibility index (Phi) is 5.30. The van der Waals surface area contributed by atoms with E-state index < -0.39 is 0 Å². The average Bonchev–Trinajstić information content (AvgIpc) is 2.96. The molecule has 0 aliphatic carbocycles. The second-order valence-electron chi connectivity index (χ2n) is 6.46. The lowest BCUT2D eigenvalue weighted by Gasteiger charge is -2.28. The highest BCUT2D eigenvalue weighted by Crippen LogP contribution is 2.31. The molecule has 1 aliphatic rings. The first-order chi connectivity index (χ1) is 11.6. The molecule has 0 aromatic carbocycles. The number of amides is 1. The fourth-order valence-electron chi connectivity index (χ4n) is 2.75.